The van der Waals surface area contributed by atoms with Crippen molar-refractivity contribution in [3.63, 3.8) is 0 Å². The topological polar surface area (TPSA) is 46.6 Å². The maximum atomic E-state index is 11.1. The molecule has 1 aromatic carbocycles. The van der Waals surface area contributed by atoms with Crippen molar-refractivity contribution in [3.05, 3.63) is 29.8 Å². The number of carbonyl (C=O) groups excluding carboxylic acids is 2. The fourth-order valence-corrected chi connectivity index (χ4v) is 1.01. The average Bonchev–Trinajstić information content (AvgIpc) is 2.27. The largest absolute Gasteiger partial charge is 0.465 e. The van der Waals surface area contributed by atoms with E-state index in [1.807, 2.05) is 0 Å². The molecule has 0 fully saturated rings. The van der Waals surface area contributed by atoms with Crippen LogP contribution in [0.15, 0.2) is 24.3 Å². The van der Waals surface area contributed by atoms with E-state index in [0.29, 0.717) is 12.0 Å². The minimum Gasteiger partial charge on any atom is -0.465 e. The summed E-state index contributed by atoms with van der Waals surface area (Å²) < 4.78 is 4.54. The van der Waals surface area contributed by atoms with Gasteiger partial charge in [-0.15, -0.1) is 0 Å². The molecule has 1 aromatic rings. The van der Waals surface area contributed by atoms with Crippen LogP contribution in [0, 0.1) is 0 Å². The predicted octanol–water partition coefficient (Wildman–Crippen LogP) is 1.07. The third-order valence-electron chi connectivity index (χ3n) is 1.85. The molecule has 0 radical (unpaired) electrons. The lowest BCUT2D eigenvalue weighted by Gasteiger charge is -2.10. The van der Waals surface area contributed by atoms with E-state index in [4.69, 9.17) is 0 Å². The highest BCUT2D eigenvalue weighted by Crippen LogP contribution is 2.12. The van der Waals surface area contributed by atoms with Crippen molar-refractivity contribution in [1.29, 1.82) is 0 Å². The highest BCUT2D eigenvalue weighted by molar-refractivity contribution is 5.90. The SMILES string of the molecule is COC(=O)c1ccc(N(C)C=O)cc1. The van der Waals surface area contributed by atoms with Crippen molar-refractivity contribution in [2.75, 3.05) is 19.1 Å². The number of anilines is 1. The number of nitrogens with zero attached hydrogens (tertiary/aromatic N) is 1. The molecule has 0 aliphatic carbocycles. The van der Waals surface area contributed by atoms with Crippen LogP contribution in [0.3, 0.4) is 0 Å². The number of ether oxygens (including phenoxy) is 1. The molecule has 0 atom stereocenters. The van der Waals surface area contributed by atoms with Crippen LogP contribution in [-0.2, 0) is 9.53 Å². The zero-order chi connectivity index (χ0) is 10.6. The van der Waals surface area contributed by atoms with Crippen LogP contribution in [-0.4, -0.2) is 26.5 Å². The molecule has 1 rings (SSSR count). The molecule has 4 heteroatoms. The number of rotatable bonds is 3. The van der Waals surface area contributed by atoms with E-state index in [2.05, 4.69) is 4.74 Å². The molecule has 0 spiro atoms. The first kappa shape index (κ1) is 10.2. The molecule has 0 aliphatic rings. The second-order valence-corrected chi connectivity index (χ2v) is 2.75. The van der Waals surface area contributed by atoms with Gasteiger partial charge in [-0.3, -0.25) is 4.79 Å². The summed E-state index contributed by atoms with van der Waals surface area (Å²) in [5.74, 6) is -0.384. The van der Waals surface area contributed by atoms with Gasteiger partial charge in [-0.25, -0.2) is 4.79 Å². The Kier molecular flexibility index (Phi) is 3.23. The summed E-state index contributed by atoms with van der Waals surface area (Å²) in [6.45, 7) is 0. The van der Waals surface area contributed by atoms with Gasteiger partial charge in [0.25, 0.3) is 0 Å². The first-order chi connectivity index (χ1) is 6.69. The van der Waals surface area contributed by atoms with Gasteiger partial charge in [0.2, 0.25) is 6.41 Å². The molecule has 74 valence electrons. The standard InChI is InChI=1S/C10H11NO3/c1-11(7-12)9-5-3-8(4-6-9)10(13)14-2/h3-7H,1-2H3. The van der Waals surface area contributed by atoms with Crippen LogP contribution in [0.1, 0.15) is 10.4 Å². The van der Waals surface area contributed by atoms with Crippen molar-refractivity contribution in [2.45, 2.75) is 0 Å². The van der Waals surface area contributed by atoms with Gasteiger partial charge in [0.15, 0.2) is 0 Å². The zero-order valence-corrected chi connectivity index (χ0v) is 8.06. The van der Waals surface area contributed by atoms with E-state index >= 15 is 0 Å². The fourth-order valence-electron chi connectivity index (χ4n) is 1.01. The predicted molar refractivity (Wildman–Crippen MR) is 52.2 cm³/mol. The van der Waals surface area contributed by atoms with Crippen LogP contribution in [0.25, 0.3) is 0 Å². The van der Waals surface area contributed by atoms with Gasteiger partial charge < -0.3 is 9.64 Å². The molecule has 0 aliphatic heterocycles. The first-order valence-electron chi connectivity index (χ1n) is 4.05. The molecule has 4 nitrogen and oxygen atoms in total. The zero-order valence-electron chi connectivity index (χ0n) is 8.06. The van der Waals surface area contributed by atoms with Crippen molar-refractivity contribution in [1.82, 2.24) is 0 Å². The Morgan fingerprint density at radius 2 is 1.93 bits per heavy atom. The summed E-state index contributed by atoms with van der Waals surface area (Å²) in [7, 11) is 2.97. The first-order valence-corrected chi connectivity index (χ1v) is 4.05. The van der Waals surface area contributed by atoms with E-state index < -0.39 is 0 Å². The fraction of sp³-hybridized carbons (Fsp3) is 0.200. The number of benzene rings is 1. The second-order valence-electron chi connectivity index (χ2n) is 2.75. The minimum atomic E-state index is -0.384. The summed E-state index contributed by atoms with van der Waals surface area (Å²) >= 11 is 0. The maximum absolute atomic E-state index is 11.1. The Morgan fingerprint density at radius 1 is 1.36 bits per heavy atom. The quantitative estimate of drug-likeness (QED) is 0.532. The van der Waals surface area contributed by atoms with Gasteiger partial charge >= 0.3 is 5.97 Å². The van der Waals surface area contributed by atoms with E-state index in [-0.39, 0.29) is 5.97 Å². The van der Waals surface area contributed by atoms with Crippen molar-refractivity contribution in [3.8, 4) is 0 Å². The normalized spacial score (nSPS) is 9.29. The van der Waals surface area contributed by atoms with E-state index in [1.165, 1.54) is 12.0 Å². The third-order valence-corrected chi connectivity index (χ3v) is 1.85. The Morgan fingerprint density at radius 3 is 2.36 bits per heavy atom. The van der Waals surface area contributed by atoms with Crippen LogP contribution < -0.4 is 4.90 Å². The molecule has 0 saturated heterocycles. The molecule has 0 bridgehead atoms. The molecule has 0 unspecified atom stereocenters. The molecule has 1 amide bonds. The Bertz CT molecular complexity index is 332. The lowest BCUT2D eigenvalue weighted by atomic mass is 10.2. The molecule has 0 N–H and O–H groups in total. The van der Waals surface area contributed by atoms with Gasteiger partial charge in [0.05, 0.1) is 12.7 Å². The summed E-state index contributed by atoms with van der Waals surface area (Å²) in [5.41, 5.74) is 1.20. The highest BCUT2D eigenvalue weighted by atomic mass is 16.5. The second kappa shape index (κ2) is 4.41. The van der Waals surface area contributed by atoms with E-state index in [1.54, 1.807) is 31.3 Å². The Balaban J connectivity index is 2.88. The summed E-state index contributed by atoms with van der Waals surface area (Å²) in [4.78, 5) is 22.9. The van der Waals surface area contributed by atoms with Crippen molar-refractivity contribution in [2.24, 2.45) is 0 Å². The van der Waals surface area contributed by atoms with E-state index in [0.717, 1.165) is 5.69 Å². The van der Waals surface area contributed by atoms with Gasteiger partial charge in [-0.1, -0.05) is 0 Å². The van der Waals surface area contributed by atoms with Crippen molar-refractivity contribution < 1.29 is 14.3 Å². The van der Waals surface area contributed by atoms with Gasteiger partial charge in [0, 0.05) is 12.7 Å². The third kappa shape index (κ3) is 2.10. The maximum Gasteiger partial charge on any atom is 0.337 e. The lowest BCUT2D eigenvalue weighted by Crippen LogP contribution is -2.13. The smallest absolute Gasteiger partial charge is 0.337 e. The van der Waals surface area contributed by atoms with Crippen LogP contribution in [0.4, 0.5) is 5.69 Å². The summed E-state index contributed by atoms with van der Waals surface area (Å²) in [5, 5.41) is 0. The van der Waals surface area contributed by atoms with Crippen LogP contribution in [0.5, 0.6) is 0 Å². The van der Waals surface area contributed by atoms with Crippen molar-refractivity contribution >= 4 is 18.1 Å². The molecule has 14 heavy (non-hydrogen) atoms. The van der Waals surface area contributed by atoms with Gasteiger partial charge in [-0.05, 0) is 24.3 Å². The monoisotopic (exact) mass is 193 g/mol. The average molecular weight is 193 g/mol. The molecular weight excluding hydrogens is 182 g/mol. The summed E-state index contributed by atoms with van der Waals surface area (Å²) in [6.07, 6.45) is 0.702. The van der Waals surface area contributed by atoms with E-state index in [9.17, 15) is 9.59 Å². The Labute approximate surface area is 82.1 Å². The molecule has 0 aromatic heterocycles. The number of methoxy groups -OCH3 is 1. The molecule has 0 saturated carbocycles. The van der Waals surface area contributed by atoms with Crippen LogP contribution >= 0.6 is 0 Å². The summed E-state index contributed by atoms with van der Waals surface area (Å²) in [6, 6.07) is 6.59. The number of carbonyl (C=O) groups is 2. The number of hydrogen-bond donors (Lipinski definition) is 0. The molecule has 0 heterocycles. The minimum absolute atomic E-state index is 0.384. The Hall–Kier alpha value is -1.84. The van der Waals surface area contributed by atoms with Crippen LogP contribution in [0.2, 0.25) is 0 Å². The molecular formula is C10H11NO3. The number of amides is 1. The number of esters is 1. The van der Waals surface area contributed by atoms with Gasteiger partial charge in [0.1, 0.15) is 0 Å². The van der Waals surface area contributed by atoms with Gasteiger partial charge in [-0.2, -0.15) is 0 Å². The lowest BCUT2D eigenvalue weighted by molar-refractivity contribution is -0.107. The number of hydrogen-bond acceptors (Lipinski definition) is 3. The highest BCUT2D eigenvalue weighted by Gasteiger charge is 2.05.